The normalized spacial score (nSPS) is 17.3. The summed E-state index contributed by atoms with van der Waals surface area (Å²) < 4.78 is 11.2. The molecule has 0 radical (unpaired) electrons. The van der Waals surface area contributed by atoms with E-state index in [0.717, 1.165) is 29.8 Å². The van der Waals surface area contributed by atoms with Gasteiger partial charge in [0.25, 0.3) is 5.91 Å². The van der Waals surface area contributed by atoms with Gasteiger partial charge < -0.3 is 19.8 Å². The SMILES string of the molecule is COC1(C(=O)NCCc2nc3c(C)cccc3o2)CCNCC1. The Kier molecular flexibility index (Phi) is 4.63. The van der Waals surface area contributed by atoms with Gasteiger partial charge in [0.05, 0.1) is 0 Å². The first-order valence-electron chi connectivity index (χ1n) is 8.04. The van der Waals surface area contributed by atoms with Gasteiger partial charge in [-0.05, 0) is 44.5 Å². The van der Waals surface area contributed by atoms with E-state index in [1.807, 2.05) is 25.1 Å². The number of oxazole rings is 1. The summed E-state index contributed by atoms with van der Waals surface area (Å²) in [6.45, 7) is 4.09. The smallest absolute Gasteiger partial charge is 0.252 e. The molecule has 0 aliphatic carbocycles. The number of hydrogen-bond acceptors (Lipinski definition) is 5. The van der Waals surface area contributed by atoms with Crippen molar-refractivity contribution in [2.45, 2.75) is 31.8 Å². The highest BCUT2D eigenvalue weighted by atomic mass is 16.5. The van der Waals surface area contributed by atoms with Crippen LogP contribution in [0.5, 0.6) is 0 Å². The van der Waals surface area contributed by atoms with Crippen molar-refractivity contribution in [1.29, 1.82) is 0 Å². The topological polar surface area (TPSA) is 76.4 Å². The number of fused-ring (bicyclic) bond motifs is 1. The van der Waals surface area contributed by atoms with Crippen LogP contribution in [0, 0.1) is 6.92 Å². The monoisotopic (exact) mass is 317 g/mol. The largest absolute Gasteiger partial charge is 0.441 e. The number of nitrogens with zero attached hydrogens (tertiary/aromatic N) is 1. The average Bonchev–Trinajstić information content (AvgIpc) is 3.00. The molecule has 1 aliphatic heterocycles. The first-order valence-corrected chi connectivity index (χ1v) is 8.04. The van der Waals surface area contributed by atoms with E-state index in [2.05, 4.69) is 15.6 Å². The summed E-state index contributed by atoms with van der Waals surface area (Å²) in [5, 5.41) is 6.21. The minimum Gasteiger partial charge on any atom is -0.441 e. The van der Waals surface area contributed by atoms with Crippen LogP contribution in [0.4, 0.5) is 0 Å². The van der Waals surface area contributed by atoms with Gasteiger partial charge in [0.1, 0.15) is 11.1 Å². The van der Waals surface area contributed by atoms with Gasteiger partial charge in [0, 0.05) is 20.1 Å². The molecule has 23 heavy (non-hydrogen) atoms. The fourth-order valence-corrected chi connectivity index (χ4v) is 3.04. The van der Waals surface area contributed by atoms with E-state index in [-0.39, 0.29) is 5.91 Å². The minimum atomic E-state index is -0.705. The molecule has 1 aromatic carbocycles. The second-order valence-corrected chi connectivity index (χ2v) is 5.98. The van der Waals surface area contributed by atoms with E-state index in [1.54, 1.807) is 7.11 Å². The maximum atomic E-state index is 12.5. The predicted octanol–water partition coefficient (Wildman–Crippen LogP) is 1.56. The number of amides is 1. The molecule has 6 heteroatoms. The third kappa shape index (κ3) is 3.23. The third-order valence-electron chi connectivity index (χ3n) is 4.51. The number of para-hydroxylation sites is 1. The first-order chi connectivity index (χ1) is 11.1. The number of ether oxygens (including phenoxy) is 1. The van der Waals surface area contributed by atoms with E-state index in [9.17, 15) is 4.79 Å². The second-order valence-electron chi connectivity index (χ2n) is 5.98. The van der Waals surface area contributed by atoms with Crippen LogP contribution in [0.3, 0.4) is 0 Å². The second kappa shape index (κ2) is 6.68. The van der Waals surface area contributed by atoms with Gasteiger partial charge >= 0.3 is 0 Å². The number of rotatable bonds is 5. The zero-order chi connectivity index (χ0) is 16.3. The van der Waals surface area contributed by atoms with Crippen LogP contribution in [-0.2, 0) is 16.0 Å². The van der Waals surface area contributed by atoms with Crippen molar-refractivity contribution in [2.75, 3.05) is 26.7 Å². The number of hydrogen-bond donors (Lipinski definition) is 2. The summed E-state index contributed by atoms with van der Waals surface area (Å²) in [4.78, 5) is 17.0. The quantitative estimate of drug-likeness (QED) is 0.875. The Bertz CT molecular complexity index is 689. The van der Waals surface area contributed by atoms with Gasteiger partial charge in [-0.3, -0.25) is 4.79 Å². The number of aryl methyl sites for hydroxylation is 1. The van der Waals surface area contributed by atoms with E-state index in [0.29, 0.717) is 31.7 Å². The predicted molar refractivity (Wildman–Crippen MR) is 87.3 cm³/mol. The Hall–Kier alpha value is -1.92. The molecule has 124 valence electrons. The number of aromatic nitrogens is 1. The molecule has 0 unspecified atom stereocenters. The lowest BCUT2D eigenvalue weighted by atomic mass is 9.91. The number of methoxy groups -OCH3 is 1. The number of nitrogens with one attached hydrogen (secondary N) is 2. The van der Waals surface area contributed by atoms with Crippen molar-refractivity contribution in [2.24, 2.45) is 0 Å². The molecule has 0 atom stereocenters. The molecule has 2 N–H and O–H groups in total. The molecule has 3 rings (SSSR count). The zero-order valence-corrected chi connectivity index (χ0v) is 13.6. The fraction of sp³-hybridized carbons (Fsp3) is 0.529. The maximum Gasteiger partial charge on any atom is 0.252 e. The summed E-state index contributed by atoms with van der Waals surface area (Å²) in [5.74, 6) is 0.597. The highest BCUT2D eigenvalue weighted by Crippen LogP contribution is 2.23. The van der Waals surface area contributed by atoms with E-state index < -0.39 is 5.60 Å². The average molecular weight is 317 g/mol. The Morgan fingerprint density at radius 2 is 2.22 bits per heavy atom. The van der Waals surface area contributed by atoms with Gasteiger partial charge in [-0.15, -0.1) is 0 Å². The molecular weight excluding hydrogens is 294 g/mol. The van der Waals surface area contributed by atoms with Crippen LogP contribution < -0.4 is 10.6 Å². The van der Waals surface area contributed by atoms with Crippen molar-refractivity contribution < 1.29 is 13.9 Å². The van der Waals surface area contributed by atoms with Crippen LogP contribution in [0.25, 0.3) is 11.1 Å². The van der Waals surface area contributed by atoms with Gasteiger partial charge in [-0.1, -0.05) is 12.1 Å². The van der Waals surface area contributed by atoms with Crippen LogP contribution in [0.15, 0.2) is 22.6 Å². The molecule has 1 aliphatic rings. The molecule has 6 nitrogen and oxygen atoms in total. The van der Waals surface area contributed by atoms with Crippen LogP contribution in [0.1, 0.15) is 24.3 Å². The van der Waals surface area contributed by atoms with E-state index in [1.165, 1.54) is 0 Å². The molecule has 0 spiro atoms. The molecule has 0 bridgehead atoms. The Labute approximate surface area is 135 Å². The number of carbonyl (C=O) groups is 1. The summed E-state index contributed by atoms with van der Waals surface area (Å²) in [7, 11) is 1.61. The van der Waals surface area contributed by atoms with Crippen molar-refractivity contribution in [1.82, 2.24) is 15.6 Å². The number of piperidine rings is 1. The van der Waals surface area contributed by atoms with Crippen LogP contribution >= 0.6 is 0 Å². The van der Waals surface area contributed by atoms with E-state index >= 15 is 0 Å². The molecule has 1 amide bonds. The lowest BCUT2D eigenvalue weighted by Gasteiger charge is -2.34. The van der Waals surface area contributed by atoms with Crippen LogP contribution in [-0.4, -0.2) is 43.2 Å². The highest BCUT2D eigenvalue weighted by Gasteiger charge is 2.39. The zero-order valence-electron chi connectivity index (χ0n) is 13.6. The van der Waals surface area contributed by atoms with Gasteiger partial charge in [-0.2, -0.15) is 0 Å². The summed E-state index contributed by atoms with van der Waals surface area (Å²) >= 11 is 0. The van der Waals surface area contributed by atoms with E-state index in [4.69, 9.17) is 9.15 Å². The molecule has 1 aromatic heterocycles. The maximum absolute atomic E-state index is 12.5. The molecular formula is C17H23N3O3. The highest BCUT2D eigenvalue weighted by molar-refractivity contribution is 5.85. The molecule has 0 saturated carbocycles. The minimum absolute atomic E-state index is 0.0474. The van der Waals surface area contributed by atoms with Crippen molar-refractivity contribution >= 4 is 17.0 Å². The fourth-order valence-electron chi connectivity index (χ4n) is 3.04. The lowest BCUT2D eigenvalue weighted by molar-refractivity contribution is -0.146. The molecule has 2 aromatic rings. The summed E-state index contributed by atoms with van der Waals surface area (Å²) in [6.07, 6.45) is 1.95. The Balaban J connectivity index is 1.59. The van der Waals surface area contributed by atoms with Gasteiger partial charge in [-0.25, -0.2) is 4.98 Å². The van der Waals surface area contributed by atoms with Gasteiger partial charge in [0.2, 0.25) is 0 Å². The summed E-state index contributed by atoms with van der Waals surface area (Å²) in [6, 6.07) is 5.87. The summed E-state index contributed by atoms with van der Waals surface area (Å²) in [5.41, 5.74) is 2.07. The number of carbonyl (C=O) groups excluding carboxylic acids is 1. The Morgan fingerprint density at radius 3 is 2.91 bits per heavy atom. The molecule has 1 fully saturated rings. The van der Waals surface area contributed by atoms with Crippen molar-refractivity contribution in [3.8, 4) is 0 Å². The standard InChI is InChI=1S/C17H23N3O3/c1-12-4-3-5-13-15(12)20-14(23-13)6-9-19-16(21)17(22-2)7-10-18-11-8-17/h3-5,18H,6-11H2,1-2H3,(H,19,21). The molecule has 2 heterocycles. The number of benzene rings is 1. The van der Waals surface area contributed by atoms with Gasteiger partial charge in [0.15, 0.2) is 11.5 Å². The lowest BCUT2D eigenvalue weighted by Crippen LogP contribution is -2.54. The van der Waals surface area contributed by atoms with Crippen molar-refractivity contribution in [3.63, 3.8) is 0 Å². The van der Waals surface area contributed by atoms with Crippen LogP contribution in [0.2, 0.25) is 0 Å². The first kappa shape index (κ1) is 16.0. The molecule has 1 saturated heterocycles. The Morgan fingerprint density at radius 1 is 1.43 bits per heavy atom. The third-order valence-corrected chi connectivity index (χ3v) is 4.51. The van der Waals surface area contributed by atoms with Crippen molar-refractivity contribution in [3.05, 3.63) is 29.7 Å².